The highest BCUT2D eigenvalue weighted by atomic mass is 79.9. The van der Waals surface area contributed by atoms with Crippen molar-refractivity contribution in [3.63, 3.8) is 0 Å². The first-order chi connectivity index (χ1) is 21.0. The predicted octanol–water partition coefficient (Wildman–Crippen LogP) is 7.52. The number of halogens is 3. The number of nitrogens with one attached hydrogen (secondary N) is 3. The average Bonchev–Trinajstić information content (AvgIpc) is 3.73. The second-order valence-corrected chi connectivity index (χ2v) is 12.0. The van der Waals surface area contributed by atoms with Gasteiger partial charge in [0.25, 0.3) is 0 Å². The van der Waals surface area contributed by atoms with Crippen LogP contribution in [-0.2, 0) is 9.59 Å². The van der Waals surface area contributed by atoms with Crippen LogP contribution in [0.15, 0.2) is 71.3 Å². The summed E-state index contributed by atoms with van der Waals surface area (Å²) >= 11 is 3.36. The zero-order valence-corrected chi connectivity index (χ0v) is 25.7. The van der Waals surface area contributed by atoms with Gasteiger partial charge < -0.3 is 20.5 Å². The fourth-order valence-electron chi connectivity index (χ4n) is 5.17. The number of nitrogens with zero attached hydrogens (tertiary/aromatic N) is 4. The van der Waals surface area contributed by atoms with Crippen LogP contribution in [0.1, 0.15) is 38.6 Å². The average molecular weight is 661 g/mol. The van der Waals surface area contributed by atoms with E-state index >= 15 is 4.39 Å². The third kappa shape index (κ3) is 5.64. The second kappa shape index (κ2) is 11.4. The van der Waals surface area contributed by atoms with Crippen LogP contribution in [0.4, 0.5) is 31.8 Å². The highest BCUT2D eigenvalue weighted by molar-refractivity contribution is 9.10. The highest BCUT2D eigenvalue weighted by Gasteiger charge is 2.56. The molecule has 3 N–H and O–H groups in total. The Morgan fingerprint density at radius 2 is 1.48 bits per heavy atom. The Hall–Kier alpha value is -4.71. The van der Waals surface area contributed by atoms with Crippen molar-refractivity contribution in [3.8, 4) is 11.3 Å². The van der Waals surface area contributed by atoms with E-state index in [9.17, 15) is 14.0 Å². The molecule has 2 aromatic heterocycles. The van der Waals surface area contributed by atoms with Gasteiger partial charge in [-0.05, 0) is 94.3 Å². The minimum absolute atomic E-state index is 0.0268. The Morgan fingerprint density at radius 1 is 0.886 bits per heavy atom. The molecule has 0 bridgehead atoms. The van der Waals surface area contributed by atoms with Crippen molar-refractivity contribution in [1.82, 2.24) is 19.5 Å². The molecule has 0 spiro atoms. The monoisotopic (exact) mass is 659 g/mol. The van der Waals surface area contributed by atoms with E-state index in [1.54, 1.807) is 49.4 Å². The summed E-state index contributed by atoms with van der Waals surface area (Å²) in [6.45, 7) is 5.73. The first kappa shape index (κ1) is 29.4. The molecule has 3 aromatic carbocycles. The van der Waals surface area contributed by atoms with Crippen molar-refractivity contribution in [2.45, 2.75) is 39.7 Å². The van der Waals surface area contributed by atoms with Gasteiger partial charge in [-0.15, -0.1) is 0 Å². The molecule has 0 saturated heterocycles. The number of aromatic nitrogens is 4. The highest BCUT2D eigenvalue weighted by Crippen LogP contribution is 2.47. The predicted molar refractivity (Wildman–Crippen MR) is 169 cm³/mol. The van der Waals surface area contributed by atoms with Crippen LogP contribution in [0.25, 0.3) is 22.3 Å². The molecule has 9 nitrogen and oxygen atoms in total. The van der Waals surface area contributed by atoms with Gasteiger partial charge in [-0.3, -0.25) is 9.59 Å². The van der Waals surface area contributed by atoms with E-state index in [0.717, 1.165) is 10.7 Å². The number of anilines is 4. The molecule has 0 aliphatic heterocycles. The molecule has 2 amide bonds. The van der Waals surface area contributed by atoms with E-state index < -0.39 is 17.0 Å². The Balaban J connectivity index is 1.16. The summed E-state index contributed by atoms with van der Waals surface area (Å²) in [5.41, 5.74) is 1.55. The molecule has 0 atom stereocenters. The van der Waals surface area contributed by atoms with E-state index in [2.05, 4.69) is 46.8 Å². The van der Waals surface area contributed by atoms with Gasteiger partial charge in [-0.2, -0.15) is 0 Å². The molecular formula is C32H28BrF2N7O2. The standard InChI is InChI=1S/C32H28BrF2N7O2/c1-17(2)42-18(3)37-28-24(34)14-19(15-26(28)42)27-25(35)16-36-31(41-27)40-23-10-8-22(9-11-23)39-30(44)32(12-13-32)29(43)38-21-6-4-20(33)5-7-21/h4-11,14-17H,12-13H2,1-3H3,(H,38,43)(H,39,44)(H,36,40,41). The van der Waals surface area contributed by atoms with E-state index in [1.807, 2.05) is 30.5 Å². The lowest BCUT2D eigenvalue weighted by atomic mass is 10.0. The Kier molecular flexibility index (Phi) is 7.62. The summed E-state index contributed by atoms with van der Waals surface area (Å²) in [7, 11) is 0. The summed E-state index contributed by atoms with van der Waals surface area (Å²) in [6.07, 6.45) is 1.95. The molecular weight excluding hydrogens is 632 g/mol. The maximum absolute atomic E-state index is 15.0. The van der Waals surface area contributed by atoms with Crippen LogP contribution >= 0.6 is 15.9 Å². The van der Waals surface area contributed by atoms with E-state index in [-0.39, 0.29) is 40.6 Å². The summed E-state index contributed by atoms with van der Waals surface area (Å²) in [5, 5.41) is 8.66. The molecule has 0 radical (unpaired) electrons. The van der Waals surface area contributed by atoms with Gasteiger partial charge in [0.2, 0.25) is 17.8 Å². The number of benzene rings is 3. The molecule has 1 fully saturated rings. The van der Waals surface area contributed by atoms with Crippen LogP contribution in [0, 0.1) is 24.0 Å². The Bertz CT molecular complexity index is 1900. The van der Waals surface area contributed by atoms with Crippen molar-refractivity contribution in [2.75, 3.05) is 16.0 Å². The Labute approximate surface area is 260 Å². The summed E-state index contributed by atoms with van der Waals surface area (Å²) in [6, 6.07) is 16.8. The minimum atomic E-state index is -1.11. The third-order valence-corrected chi connectivity index (χ3v) is 8.11. The molecule has 224 valence electrons. The van der Waals surface area contributed by atoms with Crippen LogP contribution < -0.4 is 16.0 Å². The number of imidazole rings is 1. The number of rotatable bonds is 8. The smallest absolute Gasteiger partial charge is 0.240 e. The van der Waals surface area contributed by atoms with Crippen molar-refractivity contribution >= 4 is 61.8 Å². The van der Waals surface area contributed by atoms with Gasteiger partial charge in [0, 0.05) is 33.1 Å². The first-order valence-corrected chi connectivity index (χ1v) is 14.8. The molecule has 44 heavy (non-hydrogen) atoms. The number of carbonyl (C=O) groups excluding carboxylic acids is 2. The van der Waals surface area contributed by atoms with Crippen LogP contribution in [0.3, 0.4) is 0 Å². The maximum atomic E-state index is 15.0. The van der Waals surface area contributed by atoms with Crippen molar-refractivity contribution in [3.05, 3.63) is 88.8 Å². The number of fused-ring (bicyclic) bond motifs is 1. The summed E-state index contributed by atoms with van der Waals surface area (Å²) in [4.78, 5) is 38.6. The van der Waals surface area contributed by atoms with Gasteiger partial charge in [0.15, 0.2) is 11.6 Å². The molecule has 1 aliphatic carbocycles. The van der Waals surface area contributed by atoms with Gasteiger partial charge in [-0.1, -0.05) is 15.9 Å². The normalized spacial score (nSPS) is 13.6. The first-order valence-electron chi connectivity index (χ1n) is 14.0. The molecule has 1 aliphatic rings. The van der Waals surface area contributed by atoms with Gasteiger partial charge in [0.1, 0.15) is 22.5 Å². The van der Waals surface area contributed by atoms with E-state index in [1.165, 1.54) is 6.07 Å². The van der Waals surface area contributed by atoms with Crippen molar-refractivity contribution in [1.29, 1.82) is 0 Å². The molecule has 12 heteroatoms. The molecule has 5 aromatic rings. The second-order valence-electron chi connectivity index (χ2n) is 11.0. The molecule has 2 heterocycles. The lowest BCUT2D eigenvalue weighted by molar-refractivity contribution is -0.131. The van der Waals surface area contributed by atoms with Gasteiger partial charge in [0.05, 0.1) is 11.7 Å². The molecule has 1 saturated carbocycles. The van der Waals surface area contributed by atoms with Crippen molar-refractivity contribution < 1.29 is 18.4 Å². The van der Waals surface area contributed by atoms with Crippen LogP contribution in [-0.4, -0.2) is 31.3 Å². The largest absolute Gasteiger partial charge is 0.326 e. The number of carbonyl (C=O) groups is 2. The van der Waals surface area contributed by atoms with Gasteiger partial charge in [-0.25, -0.2) is 23.7 Å². The topological polar surface area (TPSA) is 114 Å². The quantitative estimate of drug-likeness (QED) is 0.148. The number of hydrogen-bond acceptors (Lipinski definition) is 6. The number of aryl methyl sites for hydroxylation is 1. The molecule has 0 unspecified atom stereocenters. The fourth-order valence-corrected chi connectivity index (χ4v) is 5.43. The lowest BCUT2D eigenvalue weighted by Gasteiger charge is -2.16. The summed E-state index contributed by atoms with van der Waals surface area (Å²) < 4.78 is 32.7. The zero-order chi connectivity index (χ0) is 31.2. The minimum Gasteiger partial charge on any atom is -0.326 e. The SMILES string of the molecule is Cc1nc2c(F)cc(-c3nc(Nc4ccc(NC(=O)C5(C(=O)Nc6ccc(Br)cc6)CC5)cc4)ncc3F)cc2n1C(C)C. The molecule has 6 rings (SSSR count). The Morgan fingerprint density at radius 3 is 2.07 bits per heavy atom. The van der Waals surface area contributed by atoms with Crippen LogP contribution in [0.5, 0.6) is 0 Å². The van der Waals surface area contributed by atoms with Crippen molar-refractivity contribution in [2.24, 2.45) is 5.41 Å². The fraction of sp³-hybridized carbons (Fsp3) is 0.219. The maximum Gasteiger partial charge on any atom is 0.240 e. The third-order valence-electron chi connectivity index (χ3n) is 7.58. The number of hydrogen-bond donors (Lipinski definition) is 3. The van der Waals surface area contributed by atoms with Crippen LogP contribution in [0.2, 0.25) is 0 Å². The van der Waals surface area contributed by atoms with Gasteiger partial charge >= 0.3 is 0 Å². The number of amides is 2. The van der Waals surface area contributed by atoms with E-state index in [4.69, 9.17) is 0 Å². The lowest BCUT2D eigenvalue weighted by Crippen LogP contribution is -2.35. The summed E-state index contributed by atoms with van der Waals surface area (Å²) in [5.74, 6) is -1.22. The van der Waals surface area contributed by atoms with E-state index in [0.29, 0.717) is 41.2 Å². The zero-order valence-electron chi connectivity index (χ0n) is 24.1.